The van der Waals surface area contributed by atoms with Crippen LogP contribution in [0.15, 0.2) is 42.9 Å². The maximum Gasteiger partial charge on any atom is 0.175 e. The van der Waals surface area contributed by atoms with Gasteiger partial charge in [-0.15, -0.1) is 6.42 Å². The molecule has 1 N–H and O–H groups in total. The van der Waals surface area contributed by atoms with Crippen molar-refractivity contribution in [2.45, 2.75) is 18.5 Å². The molecule has 2 aromatic carbocycles. The van der Waals surface area contributed by atoms with Crippen LogP contribution in [0.5, 0.6) is 0 Å². The number of terminal acetylenes is 1. The average Bonchev–Trinajstić information content (AvgIpc) is 3.14. The molecular weight excluding hydrogens is 396 g/mol. The summed E-state index contributed by atoms with van der Waals surface area (Å²) < 4.78 is 30.1. The molecule has 2 fully saturated rings. The highest BCUT2D eigenvalue weighted by molar-refractivity contribution is 6.02. The summed E-state index contributed by atoms with van der Waals surface area (Å²) in [5.74, 6) is 2.01. The molecule has 0 spiro atoms. The molecule has 4 aromatic rings. The number of nitrogens with one attached hydrogen (secondary N) is 1. The van der Waals surface area contributed by atoms with Crippen molar-refractivity contribution in [1.82, 2.24) is 20.3 Å². The van der Waals surface area contributed by atoms with Gasteiger partial charge in [0.2, 0.25) is 0 Å². The fourth-order valence-electron chi connectivity index (χ4n) is 4.85. The number of hydrogen-bond donors (Lipinski definition) is 1. The second kappa shape index (κ2) is 6.69. The molecule has 2 aromatic heterocycles. The first-order chi connectivity index (χ1) is 15.2. The van der Waals surface area contributed by atoms with E-state index in [1.807, 2.05) is 6.07 Å². The molecule has 0 radical (unpaired) electrons. The Morgan fingerprint density at radius 2 is 2.03 bits per heavy atom. The van der Waals surface area contributed by atoms with E-state index in [-0.39, 0.29) is 16.8 Å². The number of aromatic nitrogens is 3. The Balaban J connectivity index is 1.55. The van der Waals surface area contributed by atoms with Crippen LogP contribution in [-0.2, 0) is 0 Å². The molecule has 152 valence electrons. The molecule has 0 amide bonds. The number of pyridine rings is 1. The Labute approximate surface area is 177 Å². The second-order valence-electron chi connectivity index (χ2n) is 7.92. The first kappa shape index (κ1) is 18.2. The van der Waals surface area contributed by atoms with E-state index in [4.69, 9.17) is 6.42 Å². The van der Waals surface area contributed by atoms with Crippen LogP contribution in [0.3, 0.4) is 0 Å². The van der Waals surface area contributed by atoms with Gasteiger partial charge in [0.25, 0.3) is 0 Å². The van der Waals surface area contributed by atoms with Crippen molar-refractivity contribution in [2.75, 3.05) is 18.0 Å². The van der Waals surface area contributed by atoms with Gasteiger partial charge >= 0.3 is 0 Å². The average molecular weight is 413 g/mol. The highest BCUT2D eigenvalue weighted by atomic mass is 19.1. The zero-order valence-corrected chi connectivity index (χ0v) is 16.4. The molecule has 4 heterocycles. The summed E-state index contributed by atoms with van der Waals surface area (Å²) in [5, 5.41) is 5.21. The summed E-state index contributed by atoms with van der Waals surface area (Å²) in [6.07, 6.45) is 9.59. The number of halogens is 2. The van der Waals surface area contributed by atoms with Gasteiger partial charge in [-0.05, 0) is 24.4 Å². The summed E-state index contributed by atoms with van der Waals surface area (Å²) in [6, 6.07) is 9.06. The highest BCUT2D eigenvalue weighted by Crippen LogP contribution is 2.38. The number of anilines is 1. The molecule has 0 aliphatic carbocycles. The van der Waals surface area contributed by atoms with Gasteiger partial charge in [0.1, 0.15) is 29.2 Å². The van der Waals surface area contributed by atoms with E-state index in [2.05, 4.69) is 31.1 Å². The Hall–Kier alpha value is -3.63. The van der Waals surface area contributed by atoms with Gasteiger partial charge in [0.15, 0.2) is 5.82 Å². The Morgan fingerprint density at radius 1 is 1.13 bits per heavy atom. The Kier molecular flexibility index (Phi) is 3.92. The minimum atomic E-state index is -0.567. The van der Waals surface area contributed by atoms with Crippen molar-refractivity contribution < 1.29 is 8.78 Å². The van der Waals surface area contributed by atoms with E-state index in [1.54, 1.807) is 24.4 Å². The van der Waals surface area contributed by atoms with Crippen LogP contribution in [0, 0.1) is 24.0 Å². The number of nitrogens with zero attached hydrogens (tertiary/aromatic N) is 4. The first-order valence-corrected chi connectivity index (χ1v) is 10.1. The van der Waals surface area contributed by atoms with Gasteiger partial charge in [-0.25, -0.2) is 18.7 Å². The van der Waals surface area contributed by atoms with Crippen molar-refractivity contribution in [3.8, 4) is 23.6 Å². The normalized spacial score (nSPS) is 20.0. The van der Waals surface area contributed by atoms with Crippen LogP contribution in [-0.4, -0.2) is 40.1 Å². The maximum atomic E-state index is 15.7. The minimum absolute atomic E-state index is 0.0915. The predicted molar refractivity (Wildman–Crippen MR) is 116 cm³/mol. The van der Waals surface area contributed by atoms with Crippen LogP contribution in [0.1, 0.15) is 12.0 Å². The molecule has 0 bridgehead atoms. The number of benzene rings is 2. The van der Waals surface area contributed by atoms with E-state index in [0.29, 0.717) is 34.2 Å². The van der Waals surface area contributed by atoms with Crippen LogP contribution in [0.25, 0.3) is 32.9 Å². The van der Waals surface area contributed by atoms with Crippen molar-refractivity contribution in [3.63, 3.8) is 0 Å². The third-order valence-corrected chi connectivity index (χ3v) is 6.37. The molecular formula is C24H17F2N5. The van der Waals surface area contributed by atoms with Gasteiger partial charge in [0.05, 0.1) is 10.9 Å². The van der Waals surface area contributed by atoms with Crippen molar-refractivity contribution in [3.05, 3.63) is 60.1 Å². The lowest BCUT2D eigenvalue weighted by Crippen LogP contribution is -2.61. The molecule has 0 saturated carbocycles. The second-order valence-corrected chi connectivity index (χ2v) is 7.92. The summed E-state index contributed by atoms with van der Waals surface area (Å²) >= 11 is 0. The SMILES string of the molecule is C#Cc1c(F)ccc2cccc(-c3ncc4c(N5C[C@H]6NCC[C@H]65)ncnc4c3F)c12. The molecule has 5 nitrogen and oxygen atoms in total. The van der Waals surface area contributed by atoms with E-state index >= 15 is 4.39 Å². The summed E-state index contributed by atoms with van der Waals surface area (Å²) in [4.78, 5) is 15.2. The zero-order chi connectivity index (χ0) is 21.1. The van der Waals surface area contributed by atoms with Crippen molar-refractivity contribution in [1.29, 1.82) is 0 Å². The molecule has 2 aliphatic rings. The predicted octanol–water partition coefficient (Wildman–Crippen LogP) is 3.66. The Bertz CT molecular complexity index is 1410. The van der Waals surface area contributed by atoms with Gasteiger partial charge < -0.3 is 10.2 Å². The first-order valence-electron chi connectivity index (χ1n) is 10.1. The monoisotopic (exact) mass is 413 g/mol. The standard InChI is InChI=1S/C24H17F2N5/c1-2-14-17(25)7-6-13-4-3-5-15(20(13)14)22-21(26)23-16(10-28-22)24(30-12-29-23)31-11-18-19(31)8-9-27-18/h1,3-7,10,12,18-19,27H,8-9,11H2/t18-,19-/m1/s1. The van der Waals surface area contributed by atoms with E-state index in [0.717, 1.165) is 24.9 Å². The lowest BCUT2D eigenvalue weighted by Gasteiger charge is -2.45. The molecule has 2 saturated heterocycles. The molecule has 7 heteroatoms. The number of fused-ring (bicyclic) bond motifs is 3. The molecule has 0 unspecified atom stereocenters. The van der Waals surface area contributed by atoms with Crippen LogP contribution >= 0.6 is 0 Å². The van der Waals surface area contributed by atoms with E-state index in [1.165, 1.54) is 12.4 Å². The summed E-state index contributed by atoms with van der Waals surface area (Å²) in [6.45, 7) is 1.80. The van der Waals surface area contributed by atoms with Crippen molar-refractivity contribution in [2.24, 2.45) is 0 Å². The largest absolute Gasteiger partial charge is 0.350 e. The number of rotatable bonds is 2. The van der Waals surface area contributed by atoms with Gasteiger partial charge in [-0.2, -0.15) is 0 Å². The lowest BCUT2D eigenvalue weighted by molar-refractivity contribution is 0.394. The molecule has 6 rings (SSSR count). The van der Waals surface area contributed by atoms with E-state index < -0.39 is 11.6 Å². The molecule has 31 heavy (non-hydrogen) atoms. The quantitative estimate of drug-likeness (QED) is 0.509. The van der Waals surface area contributed by atoms with Gasteiger partial charge in [-0.3, -0.25) is 4.98 Å². The van der Waals surface area contributed by atoms with Crippen LogP contribution < -0.4 is 10.2 Å². The summed E-state index contributed by atoms with van der Waals surface area (Å²) in [5.41, 5.74) is 0.820. The maximum absolute atomic E-state index is 15.7. The molecule has 2 atom stereocenters. The zero-order valence-electron chi connectivity index (χ0n) is 16.4. The van der Waals surface area contributed by atoms with Gasteiger partial charge in [0, 0.05) is 35.8 Å². The smallest absolute Gasteiger partial charge is 0.175 e. The fraction of sp³-hybridized carbons (Fsp3) is 0.208. The van der Waals surface area contributed by atoms with Gasteiger partial charge in [-0.1, -0.05) is 30.2 Å². The highest BCUT2D eigenvalue weighted by Gasteiger charge is 2.43. The van der Waals surface area contributed by atoms with Crippen LogP contribution in [0.2, 0.25) is 0 Å². The third-order valence-electron chi connectivity index (χ3n) is 6.37. The lowest BCUT2D eigenvalue weighted by atomic mass is 9.95. The molecule has 2 aliphatic heterocycles. The summed E-state index contributed by atoms with van der Waals surface area (Å²) in [7, 11) is 0. The fourth-order valence-corrected chi connectivity index (χ4v) is 4.85. The van der Waals surface area contributed by atoms with E-state index in [9.17, 15) is 4.39 Å². The number of hydrogen-bond acceptors (Lipinski definition) is 5. The minimum Gasteiger partial charge on any atom is -0.350 e. The third kappa shape index (κ3) is 2.55. The van der Waals surface area contributed by atoms with Crippen LogP contribution in [0.4, 0.5) is 14.6 Å². The topological polar surface area (TPSA) is 53.9 Å². The Morgan fingerprint density at radius 3 is 2.87 bits per heavy atom. The van der Waals surface area contributed by atoms with Crippen molar-refractivity contribution >= 4 is 27.5 Å².